The number of methoxy groups -OCH3 is 2. The van der Waals surface area contributed by atoms with Crippen molar-refractivity contribution in [3.63, 3.8) is 0 Å². The number of hydrogen-bond acceptors (Lipinski definition) is 11. The Balaban J connectivity index is 0.000000203. The van der Waals surface area contributed by atoms with E-state index < -0.39 is 5.97 Å². The average molecular weight is 907 g/mol. The van der Waals surface area contributed by atoms with Gasteiger partial charge in [0, 0.05) is 11.1 Å². The van der Waals surface area contributed by atoms with Crippen molar-refractivity contribution in [3.8, 4) is 34.0 Å². The molecule has 9 rings (SSSR count). The summed E-state index contributed by atoms with van der Waals surface area (Å²) in [4.78, 5) is 45.6. The molecule has 0 saturated heterocycles. The van der Waals surface area contributed by atoms with Crippen LogP contribution in [0.25, 0.3) is 44.6 Å². The molecule has 0 aliphatic carbocycles. The number of carbonyl (C=O) groups excluding carboxylic acids is 2. The standard InChI is InChI=1S/C25H21BrN2O3.C24H19N3O3.2CH4/c1-30-25(29)18-13-14-20-22(16-18)27-21(24(28-20)17-8-3-2-4-9-17)11-7-15-31-23-12-6-5-10-19(23)26;1-29-24(28)17-11-12-18-19(15-17)26-23(22(25-18)16-7-3-2-4-8-16)27-13-14-30-21-10-6-5-9-20(21)27;;/h2-6,8-10,12-14,16H,7,11,15H2,1H3;2-12,15H,13-14H2,1H3;2*1H4. The highest BCUT2D eigenvalue weighted by Crippen LogP contribution is 2.40. The lowest BCUT2D eigenvalue weighted by Gasteiger charge is -2.31. The molecule has 6 aromatic carbocycles. The lowest BCUT2D eigenvalue weighted by molar-refractivity contribution is 0.0592. The first-order valence-corrected chi connectivity index (χ1v) is 20.5. The van der Waals surface area contributed by atoms with Gasteiger partial charge in [-0.3, -0.25) is 0 Å². The van der Waals surface area contributed by atoms with Gasteiger partial charge in [0.2, 0.25) is 0 Å². The maximum Gasteiger partial charge on any atom is 0.337 e. The van der Waals surface area contributed by atoms with Gasteiger partial charge in [0.05, 0.1) is 82.1 Å². The maximum atomic E-state index is 12.0. The summed E-state index contributed by atoms with van der Waals surface area (Å²) in [7, 11) is 2.74. The number of nitrogens with zero attached hydrogens (tertiary/aromatic N) is 5. The zero-order valence-corrected chi connectivity index (χ0v) is 35.0. The Morgan fingerprint density at radius 2 is 1.19 bits per heavy atom. The number of fused-ring (bicyclic) bond motifs is 3. The third kappa shape index (κ3) is 10.3. The van der Waals surface area contributed by atoms with E-state index in [1.54, 1.807) is 36.4 Å². The van der Waals surface area contributed by atoms with E-state index >= 15 is 0 Å². The summed E-state index contributed by atoms with van der Waals surface area (Å²) in [6.07, 6.45) is 1.47. The fourth-order valence-electron chi connectivity index (χ4n) is 6.98. The molecular formula is C51H48BrN5O6. The molecule has 0 saturated carbocycles. The minimum atomic E-state index is -0.399. The molecule has 11 nitrogen and oxygen atoms in total. The molecule has 0 atom stereocenters. The second-order valence-electron chi connectivity index (χ2n) is 13.9. The van der Waals surface area contributed by atoms with Crippen molar-refractivity contribution in [1.29, 1.82) is 0 Å². The Labute approximate surface area is 375 Å². The number of rotatable bonds is 10. The molecule has 2 aromatic heterocycles. The first kappa shape index (κ1) is 45.3. The molecule has 12 heteroatoms. The molecular weight excluding hydrogens is 858 g/mol. The number of carbonyl (C=O) groups is 2. The molecule has 8 aromatic rings. The van der Waals surface area contributed by atoms with Gasteiger partial charge in [0.1, 0.15) is 23.8 Å². The third-order valence-electron chi connectivity index (χ3n) is 9.96. The number of para-hydroxylation sites is 3. The molecule has 0 N–H and O–H groups in total. The number of benzene rings is 6. The van der Waals surface area contributed by atoms with Crippen LogP contribution in [0.4, 0.5) is 11.5 Å². The highest BCUT2D eigenvalue weighted by Gasteiger charge is 2.25. The van der Waals surface area contributed by atoms with Gasteiger partial charge in [-0.05, 0) is 89.4 Å². The van der Waals surface area contributed by atoms with E-state index in [0.717, 1.165) is 67.6 Å². The quantitative estimate of drug-likeness (QED) is 0.0961. The minimum Gasteiger partial charge on any atom is -0.492 e. The second-order valence-corrected chi connectivity index (χ2v) is 14.7. The summed E-state index contributed by atoms with van der Waals surface area (Å²) >= 11 is 3.50. The van der Waals surface area contributed by atoms with Crippen molar-refractivity contribution < 1.29 is 28.5 Å². The molecule has 320 valence electrons. The van der Waals surface area contributed by atoms with Crippen LogP contribution in [0, 0.1) is 0 Å². The number of halogens is 1. The monoisotopic (exact) mass is 905 g/mol. The molecule has 0 unspecified atom stereocenters. The smallest absolute Gasteiger partial charge is 0.337 e. The molecule has 63 heavy (non-hydrogen) atoms. The number of aromatic nitrogens is 4. The van der Waals surface area contributed by atoms with Crippen LogP contribution < -0.4 is 14.4 Å². The van der Waals surface area contributed by atoms with E-state index in [4.69, 9.17) is 38.9 Å². The number of hydrogen-bond donors (Lipinski definition) is 0. The Morgan fingerprint density at radius 3 is 1.83 bits per heavy atom. The zero-order valence-electron chi connectivity index (χ0n) is 33.5. The molecule has 1 aliphatic heterocycles. The van der Waals surface area contributed by atoms with E-state index in [9.17, 15) is 9.59 Å². The predicted molar refractivity (Wildman–Crippen MR) is 253 cm³/mol. The van der Waals surface area contributed by atoms with E-state index in [-0.39, 0.29) is 20.8 Å². The number of ether oxygens (including phenoxy) is 4. The lowest BCUT2D eigenvalue weighted by Crippen LogP contribution is -2.29. The summed E-state index contributed by atoms with van der Waals surface area (Å²) in [5.74, 6) is 1.57. The van der Waals surface area contributed by atoms with Crippen molar-refractivity contribution in [3.05, 3.63) is 167 Å². The normalized spacial score (nSPS) is 11.4. The summed E-state index contributed by atoms with van der Waals surface area (Å²) < 4.78 is 22.3. The van der Waals surface area contributed by atoms with Crippen molar-refractivity contribution in [2.75, 3.05) is 38.9 Å². The van der Waals surface area contributed by atoms with Crippen molar-refractivity contribution in [2.24, 2.45) is 0 Å². The largest absolute Gasteiger partial charge is 0.492 e. The summed E-state index contributed by atoms with van der Waals surface area (Å²) in [6, 6.07) is 46.2. The van der Waals surface area contributed by atoms with Gasteiger partial charge >= 0.3 is 11.9 Å². The predicted octanol–water partition coefficient (Wildman–Crippen LogP) is 11.7. The highest BCUT2D eigenvalue weighted by molar-refractivity contribution is 9.10. The van der Waals surface area contributed by atoms with Crippen LogP contribution in [0.3, 0.4) is 0 Å². The third-order valence-corrected chi connectivity index (χ3v) is 10.6. The van der Waals surface area contributed by atoms with Gasteiger partial charge in [0.25, 0.3) is 0 Å². The Hall–Kier alpha value is -7.18. The summed E-state index contributed by atoms with van der Waals surface area (Å²) in [5, 5.41) is 0. The number of esters is 2. The van der Waals surface area contributed by atoms with E-state index in [0.29, 0.717) is 53.9 Å². The van der Waals surface area contributed by atoms with Crippen LogP contribution in [-0.2, 0) is 15.9 Å². The van der Waals surface area contributed by atoms with Crippen LogP contribution in [0.2, 0.25) is 0 Å². The fraction of sp³-hybridized carbons (Fsp3) is 0.176. The van der Waals surface area contributed by atoms with Crippen LogP contribution in [0.1, 0.15) is 47.7 Å². The van der Waals surface area contributed by atoms with E-state index in [2.05, 4.69) is 20.8 Å². The first-order valence-electron chi connectivity index (χ1n) is 19.7. The number of aryl methyl sites for hydroxylation is 1. The molecule has 0 fully saturated rings. The SMILES string of the molecule is C.C.COC(=O)c1ccc2nc(-c3ccccc3)c(CCCOc3ccccc3Br)nc2c1.COC(=O)c1ccc2nc(-c3ccccc3)c(N3CCOc4ccccc43)nc2c1. The Morgan fingerprint density at radius 1 is 0.635 bits per heavy atom. The topological polar surface area (TPSA) is 126 Å². The van der Waals surface area contributed by atoms with Crippen LogP contribution in [0.5, 0.6) is 11.5 Å². The molecule has 3 heterocycles. The number of anilines is 2. The van der Waals surface area contributed by atoms with Crippen molar-refractivity contribution in [1.82, 2.24) is 19.9 Å². The summed E-state index contributed by atoms with van der Waals surface area (Å²) in [6.45, 7) is 1.75. The Bertz CT molecular complexity index is 2840. The van der Waals surface area contributed by atoms with Crippen LogP contribution >= 0.6 is 15.9 Å². The summed E-state index contributed by atoms with van der Waals surface area (Å²) in [5.41, 5.74) is 9.09. The van der Waals surface area contributed by atoms with E-state index in [1.165, 1.54) is 14.2 Å². The second kappa shape index (κ2) is 21.1. The molecule has 1 aliphatic rings. The molecule has 0 radical (unpaired) electrons. The average Bonchev–Trinajstić information content (AvgIpc) is 3.32. The van der Waals surface area contributed by atoms with Crippen LogP contribution in [-0.4, -0.2) is 65.9 Å². The van der Waals surface area contributed by atoms with E-state index in [1.807, 2.05) is 109 Å². The zero-order chi connectivity index (χ0) is 42.1. The molecule has 0 bridgehead atoms. The van der Waals surface area contributed by atoms with Gasteiger partial charge in [-0.25, -0.2) is 29.5 Å². The first-order chi connectivity index (χ1) is 29.9. The van der Waals surface area contributed by atoms with Crippen molar-refractivity contribution in [2.45, 2.75) is 27.7 Å². The molecule has 0 spiro atoms. The van der Waals surface area contributed by atoms with Gasteiger partial charge in [-0.2, -0.15) is 0 Å². The van der Waals surface area contributed by atoms with Gasteiger partial charge in [-0.15, -0.1) is 0 Å². The Kier molecular flexibility index (Phi) is 15.2. The van der Waals surface area contributed by atoms with Crippen molar-refractivity contribution >= 4 is 61.4 Å². The fourth-order valence-corrected chi connectivity index (χ4v) is 7.38. The van der Waals surface area contributed by atoms with Crippen LogP contribution in [0.15, 0.2) is 150 Å². The lowest BCUT2D eigenvalue weighted by atomic mass is 10.1. The van der Waals surface area contributed by atoms with Gasteiger partial charge in [-0.1, -0.05) is 99.8 Å². The maximum absolute atomic E-state index is 12.0. The molecule has 0 amide bonds. The highest BCUT2D eigenvalue weighted by atomic mass is 79.9. The van der Waals surface area contributed by atoms with Gasteiger partial charge in [0.15, 0.2) is 5.82 Å². The van der Waals surface area contributed by atoms with Gasteiger partial charge < -0.3 is 23.8 Å². The minimum absolute atomic E-state index is 0.